The fourth-order valence-electron chi connectivity index (χ4n) is 1.45. The van der Waals surface area contributed by atoms with Crippen molar-refractivity contribution in [3.05, 3.63) is 34.3 Å². The van der Waals surface area contributed by atoms with Crippen molar-refractivity contribution < 1.29 is 4.79 Å². The van der Waals surface area contributed by atoms with E-state index in [2.05, 4.69) is 26.6 Å². The van der Waals surface area contributed by atoms with Crippen LogP contribution in [0.3, 0.4) is 0 Å². The Labute approximate surface area is 111 Å². The molecule has 1 amide bonds. The molecule has 0 aliphatic rings. The molecular weight excluding hydrogens is 280 g/mol. The molecule has 0 spiro atoms. The molecule has 0 heterocycles. The summed E-state index contributed by atoms with van der Waals surface area (Å²) in [6, 6.07) is 8.30. The summed E-state index contributed by atoms with van der Waals surface area (Å²) in [5.74, 6) is 0.0196. The first-order valence-electron chi connectivity index (χ1n) is 5.77. The van der Waals surface area contributed by atoms with E-state index in [1.54, 1.807) is 0 Å². The largest absolute Gasteiger partial charge is 0.348 e. The molecule has 4 heteroatoms. The van der Waals surface area contributed by atoms with Gasteiger partial charge in [0.2, 0.25) is 5.91 Å². The SMILES string of the molecule is CC(C)NCC(=O)NC(C)c1cccc(Br)c1. The maximum Gasteiger partial charge on any atom is 0.234 e. The second kappa shape index (κ2) is 6.77. The van der Waals surface area contributed by atoms with Crippen LogP contribution in [0.25, 0.3) is 0 Å². The van der Waals surface area contributed by atoms with E-state index < -0.39 is 0 Å². The van der Waals surface area contributed by atoms with Gasteiger partial charge < -0.3 is 10.6 Å². The number of rotatable bonds is 5. The summed E-state index contributed by atoms with van der Waals surface area (Å²) in [7, 11) is 0. The van der Waals surface area contributed by atoms with Gasteiger partial charge in [-0.3, -0.25) is 4.79 Å². The minimum atomic E-state index is 0.0196. The average Bonchev–Trinajstić information content (AvgIpc) is 2.26. The Morgan fingerprint density at radius 1 is 1.35 bits per heavy atom. The molecule has 0 fully saturated rings. The highest BCUT2D eigenvalue weighted by atomic mass is 79.9. The Hall–Kier alpha value is -0.870. The second-order valence-corrected chi connectivity index (χ2v) is 5.30. The lowest BCUT2D eigenvalue weighted by Gasteiger charge is -2.15. The number of carbonyl (C=O) groups excluding carboxylic acids is 1. The van der Waals surface area contributed by atoms with E-state index in [1.165, 1.54) is 0 Å². The first kappa shape index (κ1) is 14.2. The van der Waals surface area contributed by atoms with Crippen LogP contribution in [0.2, 0.25) is 0 Å². The molecule has 1 aromatic carbocycles. The van der Waals surface area contributed by atoms with Crippen LogP contribution in [0.15, 0.2) is 28.7 Å². The van der Waals surface area contributed by atoms with Gasteiger partial charge in [-0.1, -0.05) is 41.9 Å². The van der Waals surface area contributed by atoms with E-state index >= 15 is 0 Å². The summed E-state index contributed by atoms with van der Waals surface area (Å²) in [6.45, 7) is 6.38. The Morgan fingerprint density at radius 2 is 2.06 bits per heavy atom. The van der Waals surface area contributed by atoms with E-state index in [0.717, 1.165) is 10.0 Å². The molecule has 1 aromatic rings. The molecular formula is C13H19BrN2O. The standard InChI is InChI=1S/C13H19BrN2O/c1-9(2)15-8-13(17)16-10(3)11-5-4-6-12(14)7-11/h4-7,9-10,15H,8H2,1-3H3,(H,16,17). The second-order valence-electron chi connectivity index (χ2n) is 4.38. The lowest BCUT2D eigenvalue weighted by molar-refractivity contribution is -0.121. The van der Waals surface area contributed by atoms with Gasteiger partial charge in [-0.25, -0.2) is 0 Å². The third-order valence-corrected chi connectivity index (χ3v) is 2.89. The summed E-state index contributed by atoms with van der Waals surface area (Å²) in [6.07, 6.45) is 0. The molecule has 3 nitrogen and oxygen atoms in total. The van der Waals surface area contributed by atoms with Crippen molar-refractivity contribution in [2.45, 2.75) is 32.9 Å². The van der Waals surface area contributed by atoms with Crippen molar-refractivity contribution >= 4 is 21.8 Å². The van der Waals surface area contributed by atoms with Gasteiger partial charge in [-0.05, 0) is 24.6 Å². The van der Waals surface area contributed by atoms with Crippen LogP contribution in [-0.2, 0) is 4.79 Å². The van der Waals surface area contributed by atoms with Crippen LogP contribution >= 0.6 is 15.9 Å². The zero-order valence-corrected chi connectivity index (χ0v) is 12.0. The predicted octanol–water partition coefficient (Wildman–Crippen LogP) is 2.62. The van der Waals surface area contributed by atoms with Gasteiger partial charge in [0.1, 0.15) is 0 Å². The van der Waals surface area contributed by atoms with Crippen LogP contribution in [0, 0.1) is 0 Å². The van der Waals surface area contributed by atoms with Crippen molar-refractivity contribution in [1.82, 2.24) is 10.6 Å². The number of amides is 1. The Bertz CT molecular complexity index is 379. The van der Waals surface area contributed by atoms with Crippen LogP contribution in [0.4, 0.5) is 0 Å². The first-order chi connectivity index (χ1) is 7.99. The van der Waals surface area contributed by atoms with Gasteiger partial charge in [0.05, 0.1) is 12.6 Å². The summed E-state index contributed by atoms with van der Waals surface area (Å²) in [4.78, 5) is 11.6. The number of hydrogen-bond acceptors (Lipinski definition) is 2. The van der Waals surface area contributed by atoms with E-state index in [0.29, 0.717) is 12.6 Å². The van der Waals surface area contributed by atoms with Crippen LogP contribution < -0.4 is 10.6 Å². The third-order valence-electron chi connectivity index (χ3n) is 2.40. The topological polar surface area (TPSA) is 41.1 Å². The highest BCUT2D eigenvalue weighted by Gasteiger charge is 2.09. The van der Waals surface area contributed by atoms with E-state index in [9.17, 15) is 4.79 Å². The smallest absolute Gasteiger partial charge is 0.234 e. The molecule has 17 heavy (non-hydrogen) atoms. The number of carbonyl (C=O) groups is 1. The molecule has 0 aliphatic carbocycles. The van der Waals surface area contributed by atoms with Crippen molar-refractivity contribution in [1.29, 1.82) is 0 Å². The van der Waals surface area contributed by atoms with Gasteiger partial charge in [-0.15, -0.1) is 0 Å². The lowest BCUT2D eigenvalue weighted by atomic mass is 10.1. The molecule has 0 aromatic heterocycles. The minimum absolute atomic E-state index is 0.0196. The molecule has 94 valence electrons. The number of benzene rings is 1. The lowest BCUT2D eigenvalue weighted by Crippen LogP contribution is -2.37. The maximum atomic E-state index is 11.6. The van der Waals surface area contributed by atoms with Crippen LogP contribution in [0.5, 0.6) is 0 Å². The number of halogens is 1. The van der Waals surface area contributed by atoms with Crippen molar-refractivity contribution in [2.24, 2.45) is 0 Å². The minimum Gasteiger partial charge on any atom is -0.348 e. The Kier molecular flexibility index (Phi) is 5.65. The fraction of sp³-hybridized carbons (Fsp3) is 0.462. The molecule has 1 unspecified atom stereocenters. The summed E-state index contributed by atoms with van der Waals surface area (Å²) in [5, 5.41) is 6.05. The molecule has 1 rings (SSSR count). The monoisotopic (exact) mass is 298 g/mol. The first-order valence-corrected chi connectivity index (χ1v) is 6.56. The maximum absolute atomic E-state index is 11.6. The zero-order valence-electron chi connectivity index (χ0n) is 10.5. The van der Waals surface area contributed by atoms with Crippen molar-refractivity contribution in [2.75, 3.05) is 6.54 Å². The molecule has 2 N–H and O–H groups in total. The van der Waals surface area contributed by atoms with Crippen molar-refractivity contribution in [3.63, 3.8) is 0 Å². The average molecular weight is 299 g/mol. The normalized spacial score (nSPS) is 12.5. The van der Waals surface area contributed by atoms with Crippen molar-refractivity contribution in [3.8, 4) is 0 Å². The Balaban J connectivity index is 2.48. The molecule has 0 aliphatic heterocycles. The molecule has 0 saturated heterocycles. The van der Waals surface area contributed by atoms with Gasteiger partial charge >= 0.3 is 0 Å². The summed E-state index contributed by atoms with van der Waals surface area (Å²) in [5.41, 5.74) is 1.09. The molecule has 0 radical (unpaired) electrons. The van der Waals surface area contributed by atoms with E-state index in [1.807, 2.05) is 45.0 Å². The van der Waals surface area contributed by atoms with Crippen LogP contribution in [0.1, 0.15) is 32.4 Å². The molecule has 1 atom stereocenters. The van der Waals surface area contributed by atoms with E-state index in [4.69, 9.17) is 0 Å². The predicted molar refractivity (Wildman–Crippen MR) is 73.8 cm³/mol. The van der Waals surface area contributed by atoms with Gasteiger partial charge in [0, 0.05) is 10.5 Å². The van der Waals surface area contributed by atoms with Crippen LogP contribution in [-0.4, -0.2) is 18.5 Å². The fourth-order valence-corrected chi connectivity index (χ4v) is 1.87. The quantitative estimate of drug-likeness (QED) is 0.877. The molecule has 0 saturated carbocycles. The Morgan fingerprint density at radius 3 is 2.65 bits per heavy atom. The van der Waals surface area contributed by atoms with E-state index in [-0.39, 0.29) is 11.9 Å². The highest BCUT2D eigenvalue weighted by molar-refractivity contribution is 9.10. The third kappa shape index (κ3) is 5.33. The summed E-state index contributed by atoms with van der Waals surface area (Å²) >= 11 is 3.42. The van der Waals surface area contributed by atoms with Gasteiger partial charge in [-0.2, -0.15) is 0 Å². The van der Waals surface area contributed by atoms with Gasteiger partial charge in [0.25, 0.3) is 0 Å². The summed E-state index contributed by atoms with van der Waals surface area (Å²) < 4.78 is 1.02. The zero-order chi connectivity index (χ0) is 12.8. The highest BCUT2D eigenvalue weighted by Crippen LogP contribution is 2.17. The number of nitrogens with one attached hydrogen (secondary N) is 2. The molecule has 0 bridgehead atoms. The van der Waals surface area contributed by atoms with Gasteiger partial charge in [0.15, 0.2) is 0 Å². The number of hydrogen-bond donors (Lipinski definition) is 2.